The van der Waals surface area contributed by atoms with Crippen molar-refractivity contribution in [3.05, 3.63) is 107 Å². The van der Waals surface area contributed by atoms with Gasteiger partial charge in [0.15, 0.2) is 0 Å². The van der Waals surface area contributed by atoms with Gasteiger partial charge in [0.1, 0.15) is 0 Å². The molecule has 2 aromatic carbocycles. The van der Waals surface area contributed by atoms with Gasteiger partial charge in [-0.15, -0.1) is 0 Å². The van der Waals surface area contributed by atoms with E-state index in [4.69, 9.17) is 5.11 Å². The summed E-state index contributed by atoms with van der Waals surface area (Å²) in [7, 11) is -3.39. The van der Waals surface area contributed by atoms with Crippen LogP contribution < -0.4 is 4.72 Å². The molecule has 0 bridgehead atoms. The Bertz CT molecular complexity index is 1160. The Morgan fingerprint density at radius 3 is 2.36 bits per heavy atom. The Morgan fingerprint density at radius 1 is 0.939 bits per heavy atom. The second-order valence-electron chi connectivity index (χ2n) is 7.73. The summed E-state index contributed by atoms with van der Waals surface area (Å²) < 4.78 is 27.3. The fourth-order valence-corrected chi connectivity index (χ4v) is 4.62. The van der Waals surface area contributed by atoms with Crippen molar-refractivity contribution in [2.24, 2.45) is 0 Å². The molecule has 0 aliphatic carbocycles. The number of allylic oxidation sites excluding steroid dienone is 1. The second-order valence-corrected chi connectivity index (χ2v) is 9.54. The Kier molecular flexibility index (Phi) is 8.92. The molecule has 0 saturated heterocycles. The highest BCUT2D eigenvalue weighted by atomic mass is 32.2. The first kappa shape index (κ1) is 24.4. The van der Waals surface area contributed by atoms with Crippen LogP contribution in [0.4, 0.5) is 0 Å². The number of carboxylic acids is 1. The molecule has 0 radical (unpaired) electrons. The number of sulfonamides is 1. The van der Waals surface area contributed by atoms with Crippen molar-refractivity contribution in [2.45, 2.75) is 31.4 Å². The third-order valence-electron chi connectivity index (χ3n) is 5.12. The number of aliphatic carboxylic acids is 1. The van der Waals surface area contributed by atoms with Crippen molar-refractivity contribution in [1.29, 1.82) is 0 Å². The van der Waals surface area contributed by atoms with E-state index in [1.165, 1.54) is 0 Å². The molecule has 0 aliphatic heterocycles. The van der Waals surface area contributed by atoms with Crippen molar-refractivity contribution in [2.75, 3.05) is 6.54 Å². The van der Waals surface area contributed by atoms with Crippen LogP contribution >= 0.6 is 0 Å². The lowest BCUT2D eigenvalue weighted by Gasteiger charge is -2.10. The maximum absolute atomic E-state index is 12.3. The van der Waals surface area contributed by atoms with E-state index in [0.29, 0.717) is 25.8 Å². The molecule has 2 N–H and O–H groups in total. The van der Waals surface area contributed by atoms with Gasteiger partial charge in [0, 0.05) is 30.9 Å². The molecule has 0 aliphatic rings. The number of hydrogen-bond donors (Lipinski definition) is 2. The Morgan fingerprint density at radius 2 is 1.70 bits per heavy atom. The number of pyridine rings is 1. The third kappa shape index (κ3) is 8.29. The van der Waals surface area contributed by atoms with Crippen LogP contribution in [0.2, 0.25) is 0 Å². The highest BCUT2D eigenvalue weighted by Gasteiger charge is 2.11. The Labute approximate surface area is 195 Å². The summed E-state index contributed by atoms with van der Waals surface area (Å²) in [6.45, 7) is 0.328. The van der Waals surface area contributed by atoms with E-state index in [-0.39, 0.29) is 12.2 Å². The van der Waals surface area contributed by atoms with E-state index in [1.54, 1.807) is 24.5 Å². The van der Waals surface area contributed by atoms with Crippen molar-refractivity contribution >= 4 is 21.6 Å². The van der Waals surface area contributed by atoms with E-state index in [1.807, 2.05) is 60.7 Å². The summed E-state index contributed by atoms with van der Waals surface area (Å²) in [6, 6.07) is 20.9. The van der Waals surface area contributed by atoms with Crippen molar-refractivity contribution < 1.29 is 18.3 Å². The highest BCUT2D eigenvalue weighted by molar-refractivity contribution is 7.88. The topological polar surface area (TPSA) is 96.4 Å². The Hall–Kier alpha value is -3.29. The van der Waals surface area contributed by atoms with Crippen LogP contribution in [-0.2, 0) is 27.0 Å². The van der Waals surface area contributed by atoms with Crippen LogP contribution in [0.15, 0.2) is 85.2 Å². The average Bonchev–Trinajstić information content (AvgIpc) is 2.80. The lowest BCUT2D eigenvalue weighted by atomic mass is 9.96. The minimum absolute atomic E-state index is 0.0338. The van der Waals surface area contributed by atoms with Crippen LogP contribution in [0.25, 0.3) is 5.57 Å². The number of carbonyl (C=O) groups is 1. The smallest absolute Gasteiger partial charge is 0.303 e. The van der Waals surface area contributed by atoms with E-state index in [9.17, 15) is 13.2 Å². The fourth-order valence-electron chi connectivity index (χ4n) is 3.47. The third-order valence-corrected chi connectivity index (χ3v) is 6.47. The Balaban J connectivity index is 1.62. The molecule has 6 nitrogen and oxygen atoms in total. The number of benzene rings is 2. The van der Waals surface area contributed by atoms with Crippen LogP contribution in [0, 0.1) is 0 Å². The summed E-state index contributed by atoms with van der Waals surface area (Å²) in [4.78, 5) is 15.0. The fraction of sp³-hybridized carbons (Fsp3) is 0.231. The zero-order chi connectivity index (χ0) is 23.5. The van der Waals surface area contributed by atoms with Crippen molar-refractivity contribution in [3.8, 4) is 0 Å². The monoisotopic (exact) mass is 464 g/mol. The summed E-state index contributed by atoms with van der Waals surface area (Å²) in [6.07, 6.45) is 7.50. The van der Waals surface area contributed by atoms with E-state index >= 15 is 0 Å². The van der Waals surface area contributed by atoms with Gasteiger partial charge >= 0.3 is 5.97 Å². The molecule has 0 amide bonds. The summed E-state index contributed by atoms with van der Waals surface area (Å²) in [5.74, 6) is -0.830. The molecule has 0 atom stereocenters. The summed E-state index contributed by atoms with van der Waals surface area (Å²) in [5.41, 5.74) is 4.76. The predicted molar refractivity (Wildman–Crippen MR) is 130 cm³/mol. The van der Waals surface area contributed by atoms with E-state index in [0.717, 1.165) is 27.8 Å². The quantitative estimate of drug-likeness (QED) is 0.387. The first-order valence-electron chi connectivity index (χ1n) is 10.9. The molecule has 172 valence electrons. The number of unbranched alkanes of at least 4 members (excludes halogenated alkanes) is 1. The van der Waals surface area contributed by atoms with Gasteiger partial charge in [-0.3, -0.25) is 9.78 Å². The van der Waals surface area contributed by atoms with Crippen LogP contribution in [0.5, 0.6) is 0 Å². The normalized spacial score (nSPS) is 11.9. The van der Waals surface area contributed by atoms with Crippen molar-refractivity contribution in [3.63, 3.8) is 0 Å². The van der Waals surface area contributed by atoms with E-state index in [2.05, 4.69) is 9.71 Å². The van der Waals surface area contributed by atoms with Gasteiger partial charge in [-0.25, -0.2) is 13.1 Å². The number of hydrogen-bond acceptors (Lipinski definition) is 4. The van der Waals surface area contributed by atoms with Gasteiger partial charge in [-0.1, -0.05) is 66.7 Å². The second kappa shape index (κ2) is 12.1. The zero-order valence-corrected chi connectivity index (χ0v) is 19.2. The highest BCUT2D eigenvalue weighted by Crippen LogP contribution is 2.24. The van der Waals surface area contributed by atoms with Crippen molar-refractivity contribution in [1.82, 2.24) is 9.71 Å². The summed E-state index contributed by atoms with van der Waals surface area (Å²) in [5, 5.41) is 8.86. The van der Waals surface area contributed by atoms with E-state index < -0.39 is 16.0 Å². The van der Waals surface area contributed by atoms with Crippen LogP contribution in [-0.4, -0.2) is 31.0 Å². The average molecular weight is 465 g/mol. The number of nitrogens with zero attached hydrogens (tertiary/aromatic N) is 1. The first-order chi connectivity index (χ1) is 15.9. The number of nitrogens with one attached hydrogen (secondary N) is 1. The molecule has 0 fully saturated rings. The summed E-state index contributed by atoms with van der Waals surface area (Å²) >= 11 is 0. The van der Waals surface area contributed by atoms with Gasteiger partial charge in [0.2, 0.25) is 10.0 Å². The SMILES string of the molecule is O=C(O)CCC/C=C(\c1ccc(CCNS(=O)(=O)Cc2ccccc2)cc1)c1cccnc1. The largest absolute Gasteiger partial charge is 0.481 e. The van der Waals surface area contributed by atoms with Crippen LogP contribution in [0.3, 0.4) is 0 Å². The zero-order valence-electron chi connectivity index (χ0n) is 18.4. The van der Waals surface area contributed by atoms with Gasteiger partial charge in [-0.05, 0) is 47.6 Å². The maximum atomic E-state index is 12.3. The van der Waals surface area contributed by atoms with Gasteiger partial charge in [0.05, 0.1) is 5.75 Å². The molecule has 33 heavy (non-hydrogen) atoms. The van der Waals surface area contributed by atoms with Gasteiger partial charge in [-0.2, -0.15) is 0 Å². The molecule has 3 aromatic rings. The molecule has 1 aromatic heterocycles. The van der Waals surface area contributed by atoms with Gasteiger partial charge < -0.3 is 5.11 Å². The molecular formula is C26H28N2O4S. The predicted octanol–water partition coefficient (Wildman–Crippen LogP) is 4.43. The molecular weight excluding hydrogens is 436 g/mol. The molecule has 0 saturated carbocycles. The maximum Gasteiger partial charge on any atom is 0.303 e. The van der Waals surface area contributed by atoms with Crippen LogP contribution in [0.1, 0.15) is 41.5 Å². The van der Waals surface area contributed by atoms with Gasteiger partial charge in [0.25, 0.3) is 0 Å². The molecule has 0 unspecified atom stereocenters. The molecule has 3 rings (SSSR count). The minimum Gasteiger partial charge on any atom is -0.481 e. The minimum atomic E-state index is -3.39. The number of rotatable bonds is 12. The molecule has 1 heterocycles. The molecule has 7 heteroatoms. The lowest BCUT2D eigenvalue weighted by molar-refractivity contribution is -0.137. The number of carboxylic acid groups (broad SMARTS) is 1. The first-order valence-corrected chi connectivity index (χ1v) is 12.5. The lowest BCUT2D eigenvalue weighted by Crippen LogP contribution is -2.27. The standard InChI is InChI=1S/C26H28N2O4S/c29-26(30)11-5-4-10-25(24-9-6-17-27-19-24)23-14-12-21(13-15-23)16-18-28-33(31,32)20-22-7-2-1-3-8-22/h1-3,6-10,12-15,17,19,28H,4-5,11,16,18,20H2,(H,29,30)/b25-10+. The number of aromatic nitrogens is 1. The molecule has 0 spiro atoms.